The average Bonchev–Trinajstić information content (AvgIpc) is 3.50. The number of hydrogen-bond donors (Lipinski definition) is 1. The van der Waals surface area contributed by atoms with E-state index in [9.17, 15) is 4.79 Å². The molecule has 0 radical (unpaired) electrons. The average molecular weight is 448 g/mol. The minimum Gasteiger partial charge on any atom is -0.462 e. The van der Waals surface area contributed by atoms with Gasteiger partial charge in [0.25, 0.3) is 0 Å². The standard InChI is InChI=1S/C25H22BrNO2/c1-2-17-19(10-6-12-21(17)26)22-23(28)24(29-25(22)27-16-13-14-16)20-11-5-8-15-7-3-4-9-18(15)20/h3-12,16,24,27H,2,13-14H2,1H3. The number of rotatable bonds is 5. The Morgan fingerprint density at radius 3 is 2.59 bits per heavy atom. The molecule has 1 saturated carbocycles. The van der Waals surface area contributed by atoms with Gasteiger partial charge in [-0.15, -0.1) is 0 Å². The number of carbonyl (C=O) groups excluding carboxylic acids is 1. The molecule has 2 aliphatic rings. The van der Waals surface area contributed by atoms with E-state index >= 15 is 0 Å². The smallest absolute Gasteiger partial charge is 0.213 e. The molecular formula is C25H22BrNO2. The molecular weight excluding hydrogens is 426 g/mol. The van der Waals surface area contributed by atoms with Crippen molar-refractivity contribution in [2.45, 2.75) is 38.3 Å². The zero-order chi connectivity index (χ0) is 20.0. The lowest BCUT2D eigenvalue weighted by Crippen LogP contribution is -2.17. The van der Waals surface area contributed by atoms with Crippen molar-refractivity contribution in [1.29, 1.82) is 0 Å². The van der Waals surface area contributed by atoms with E-state index in [1.807, 2.05) is 42.5 Å². The van der Waals surface area contributed by atoms with Crippen LogP contribution in [0.3, 0.4) is 0 Å². The zero-order valence-electron chi connectivity index (χ0n) is 16.2. The molecule has 1 fully saturated rings. The SMILES string of the molecule is CCc1c(Br)cccc1C1=C(NC2CC2)OC(c2cccc3ccccc23)C1=O. The van der Waals surface area contributed by atoms with Crippen LogP contribution in [-0.2, 0) is 16.0 Å². The first-order valence-corrected chi connectivity index (χ1v) is 10.9. The van der Waals surface area contributed by atoms with Gasteiger partial charge in [-0.25, -0.2) is 0 Å². The molecule has 1 heterocycles. The maximum atomic E-state index is 13.7. The highest BCUT2D eigenvalue weighted by Crippen LogP contribution is 2.42. The summed E-state index contributed by atoms with van der Waals surface area (Å²) in [5.74, 6) is 0.653. The van der Waals surface area contributed by atoms with Crippen LogP contribution in [0.25, 0.3) is 16.3 Å². The van der Waals surface area contributed by atoms with Gasteiger partial charge in [-0.2, -0.15) is 0 Å². The normalized spacial score (nSPS) is 19.0. The van der Waals surface area contributed by atoms with E-state index in [1.165, 1.54) is 0 Å². The van der Waals surface area contributed by atoms with E-state index in [0.717, 1.165) is 51.2 Å². The molecule has 1 aliphatic heterocycles. The fraction of sp³-hybridized carbons (Fsp3) is 0.240. The first-order chi connectivity index (χ1) is 14.2. The van der Waals surface area contributed by atoms with E-state index in [-0.39, 0.29) is 5.78 Å². The molecule has 3 aromatic carbocycles. The molecule has 29 heavy (non-hydrogen) atoms. The van der Waals surface area contributed by atoms with Crippen molar-refractivity contribution in [1.82, 2.24) is 5.32 Å². The molecule has 3 nitrogen and oxygen atoms in total. The van der Waals surface area contributed by atoms with Gasteiger partial charge >= 0.3 is 0 Å². The van der Waals surface area contributed by atoms with E-state index in [1.54, 1.807) is 0 Å². The summed E-state index contributed by atoms with van der Waals surface area (Å²) in [5, 5.41) is 5.65. The van der Waals surface area contributed by atoms with Gasteiger partial charge in [0.1, 0.15) is 0 Å². The summed E-state index contributed by atoms with van der Waals surface area (Å²) >= 11 is 3.65. The van der Waals surface area contributed by atoms with Gasteiger partial charge in [-0.1, -0.05) is 77.5 Å². The van der Waals surface area contributed by atoms with Crippen LogP contribution in [0.15, 0.2) is 71.0 Å². The Balaban J connectivity index is 1.63. The van der Waals surface area contributed by atoms with Crippen molar-refractivity contribution < 1.29 is 9.53 Å². The number of carbonyl (C=O) groups is 1. The lowest BCUT2D eigenvalue weighted by Gasteiger charge is -2.15. The summed E-state index contributed by atoms with van der Waals surface area (Å²) in [6, 6.07) is 20.7. The minimum atomic E-state index is -0.624. The summed E-state index contributed by atoms with van der Waals surface area (Å²) in [7, 11) is 0. The number of benzene rings is 3. The van der Waals surface area contributed by atoms with E-state index in [2.05, 4.69) is 46.4 Å². The van der Waals surface area contributed by atoms with Gasteiger partial charge in [0, 0.05) is 16.1 Å². The molecule has 1 unspecified atom stereocenters. The molecule has 1 aliphatic carbocycles. The Labute approximate surface area is 178 Å². The summed E-state index contributed by atoms with van der Waals surface area (Å²) in [6.45, 7) is 2.11. The van der Waals surface area contributed by atoms with Crippen molar-refractivity contribution in [3.63, 3.8) is 0 Å². The van der Waals surface area contributed by atoms with Crippen molar-refractivity contribution >= 4 is 38.1 Å². The number of hydrogen-bond acceptors (Lipinski definition) is 3. The lowest BCUT2D eigenvalue weighted by molar-refractivity contribution is -0.120. The predicted molar refractivity (Wildman–Crippen MR) is 119 cm³/mol. The second-order valence-electron chi connectivity index (χ2n) is 7.67. The number of fused-ring (bicyclic) bond motifs is 1. The molecule has 1 N–H and O–H groups in total. The van der Waals surface area contributed by atoms with Crippen LogP contribution in [0.2, 0.25) is 0 Å². The van der Waals surface area contributed by atoms with Crippen LogP contribution >= 0.6 is 15.9 Å². The van der Waals surface area contributed by atoms with Crippen LogP contribution in [0.4, 0.5) is 0 Å². The molecule has 0 bridgehead atoms. The van der Waals surface area contributed by atoms with E-state index in [4.69, 9.17) is 4.74 Å². The Morgan fingerprint density at radius 1 is 1.03 bits per heavy atom. The van der Waals surface area contributed by atoms with Gasteiger partial charge in [0.2, 0.25) is 5.78 Å². The Morgan fingerprint density at radius 2 is 1.79 bits per heavy atom. The van der Waals surface area contributed by atoms with Gasteiger partial charge < -0.3 is 10.1 Å². The number of Topliss-reactive ketones (excluding diaryl/α,β-unsaturated/α-hetero) is 1. The zero-order valence-corrected chi connectivity index (χ0v) is 17.8. The second-order valence-corrected chi connectivity index (χ2v) is 8.53. The molecule has 146 valence electrons. The van der Waals surface area contributed by atoms with Crippen LogP contribution in [-0.4, -0.2) is 11.8 Å². The Kier molecular flexibility index (Phi) is 4.67. The van der Waals surface area contributed by atoms with Crippen molar-refractivity contribution in [3.05, 3.63) is 87.7 Å². The lowest BCUT2D eigenvalue weighted by atomic mass is 9.91. The van der Waals surface area contributed by atoms with Gasteiger partial charge in [0.15, 0.2) is 12.0 Å². The molecule has 5 rings (SSSR count). The van der Waals surface area contributed by atoms with E-state index < -0.39 is 6.10 Å². The third-order valence-electron chi connectivity index (χ3n) is 5.71. The minimum absolute atomic E-state index is 0.0253. The number of ketones is 1. The Hall–Kier alpha value is -2.59. The molecule has 0 saturated heterocycles. The largest absolute Gasteiger partial charge is 0.462 e. The topological polar surface area (TPSA) is 38.3 Å². The van der Waals surface area contributed by atoms with E-state index in [0.29, 0.717) is 17.5 Å². The predicted octanol–water partition coefficient (Wildman–Crippen LogP) is 5.93. The van der Waals surface area contributed by atoms with Gasteiger partial charge in [-0.05, 0) is 47.2 Å². The Bertz CT molecular complexity index is 1140. The maximum Gasteiger partial charge on any atom is 0.213 e. The van der Waals surface area contributed by atoms with Crippen LogP contribution in [0, 0.1) is 0 Å². The number of nitrogens with one attached hydrogen (secondary N) is 1. The van der Waals surface area contributed by atoms with Gasteiger partial charge in [0.05, 0.1) is 5.57 Å². The summed E-state index contributed by atoms with van der Waals surface area (Å²) in [5.41, 5.74) is 3.69. The molecule has 1 atom stereocenters. The van der Waals surface area contributed by atoms with Crippen LogP contribution in [0.5, 0.6) is 0 Å². The fourth-order valence-electron chi connectivity index (χ4n) is 4.08. The van der Waals surface area contributed by atoms with Crippen LogP contribution in [0.1, 0.15) is 42.6 Å². The molecule has 0 spiro atoms. The van der Waals surface area contributed by atoms with Crippen LogP contribution < -0.4 is 5.32 Å². The summed E-state index contributed by atoms with van der Waals surface area (Å²) in [4.78, 5) is 13.7. The second kappa shape index (κ2) is 7.34. The van der Waals surface area contributed by atoms with Gasteiger partial charge in [-0.3, -0.25) is 4.79 Å². The quantitative estimate of drug-likeness (QED) is 0.526. The summed E-state index contributed by atoms with van der Waals surface area (Å²) in [6.07, 6.45) is 2.45. The molecule has 0 amide bonds. The molecule has 3 aromatic rings. The maximum absolute atomic E-state index is 13.7. The fourth-order valence-corrected chi connectivity index (χ4v) is 4.73. The molecule has 0 aromatic heterocycles. The number of halogens is 1. The highest BCUT2D eigenvalue weighted by molar-refractivity contribution is 9.10. The third-order valence-corrected chi connectivity index (χ3v) is 6.45. The summed E-state index contributed by atoms with van der Waals surface area (Å²) < 4.78 is 7.35. The first kappa shape index (κ1) is 18.4. The van der Waals surface area contributed by atoms with Crippen molar-refractivity contribution in [2.75, 3.05) is 0 Å². The van der Waals surface area contributed by atoms with Crippen molar-refractivity contribution in [2.24, 2.45) is 0 Å². The highest BCUT2D eigenvalue weighted by Gasteiger charge is 2.40. The number of ether oxygens (including phenoxy) is 1. The monoisotopic (exact) mass is 447 g/mol. The van der Waals surface area contributed by atoms with Crippen molar-refractivity contribution in [3.8, 4) is 0 Å². The molecule has 4 heteroatoms. The first-order valence-electron chi connectivity index (χ1n) is 10.1. The third kappa shape index (κ3) is 3.25. The highest BCUT2D eigenvalue weighted by atomic mass is 79.9.